The average molecular weight is 516 g/mol. The van der Waals surface area contributed by atoms with Crippen LogP contribution in [0.4, 0.5) is 15.8 Å². The molecule has 0 saturated heterocycles. The van der Waals surface area contributed by atoms with Crippen LogP contribution in [0.25, 0.3) is 10.8 Å². The van der Waals surface area contributed by atoms with Crippen molar-refractivity contribution in [1.29, 1.82) is 0 Å². The van der Waals surface area contributed by atoms with Gasteiger partial charge < -0.3 is 15.4 Å². The van der Waals surface area contributed by atoms with Crippen molar-refractivity contribution in [3.05, 3.63) is 111 Å². The van der Waals surface area contributed by atoms with Gasteiger partial charge in [-0.2, -0.15) is 0 Å². The van der Waals surface area contributed by atoms with E-state index in [0.717, 1.165) is 27.6 Å². The first-order chi connectivity index (χ1) is 16.5. The molecule has 0 aliphatic carbocycles. The van der Waals surface area contributed by atoms with Gasteiger partial charge in [0.15, 0.2) is 0 Å². The van der Waals surface area contributed by atoms with Crippen molar-refractivity contribution in [2.45, 2.75) is 13.2 Å². The number of nitro groups is 1. The van der Waals surface area contributed by atoms with Gasteiger partial charge in [0.25, 0.3) is 5.69 Å². The zero-order valence-corrected chi connectivity index (χ0v) is 20.2. The fourth-order valence-electron chi connectivity index (χ4n) is 3.64. The molecular weight excluding hydrogens is 492 g/mol. The Morgan fingerprint density at radius 1 is 0.971 bits per heavy atom. The Morgan fingerprint density at radius 3 is 2.49 bits per heavy atom. The summed E-state index contributed by atoms with van der Waals surface area (Å²) >= 11 is 6.14. The number of rotatable bonds is 10. The quantitative estimate of drug-likeness (QED) is 0.139. The Balaban J connectivity index is 0.00000342. The van der Waals surface area contributed by atoms with Crippen molar-refractivity contribution in [1.82, 2.24) is 5.32 Å². The summed E-state index contributed by atoms with van der Waals surface area (Å²) in [6, 6.07) is 22.7. The summed E-state index contributed by atoms with van der Waals surface area (Å²) < 4.78 is 19.3. The van der Waals surface area contributed by atoms with Crippen LogP contribution in [-0.4, -0.2) is 18.0 Å². The van der Waals surface area contributed by atoms with Crippen LogP contribution < -0.4 is 15.4 Å². The highest BCUT2D eigenvalue weighted by atomic mass is 35.5. The first kappa shape index (κ1) is 26.2. The number of nitrogens with zero attached hydrogens (tertiary/aromatic N) is 1. The highest BCUT2D eigenvalue weighted by Crippen LogP contribution is 2.29. The predicted molar refractivity (Wildman–Crippen MR) is 140 cm³/mol. The van der Waals surface area contributed by atoms with E-state index in [9.17, 15) is 14.5 Å². The van der Waals surface area contributed by atoms with Gasteiger partial charge in [0.2, 0.25) is 0 Å². The fourth-order valence-corrected chi connectivity index (χ4v) is 3.88. The van der Waals surface area contributed by atoms with E-state index < -0.39 is 4.92 Å². The summed E-state index contributed by atoms with van der Waals surface area (Å²) in [5.74, 6) is 0.491. The Bertz CT molecular complexity index is 1300. The number of halogens is 3. The molecule has 6 nitrogen and oxygen atoms in total. The number of non-ortho nitro benzene ring substituents is 1. The summed E-state index contributed by atoms with van der Waals surface area (Å²) in [5, 5.41) is 20.0. The normalized spacial score (nSPS) is 10.6. The molecule has 0 bridgehead atoms. The van der Waals surface area contributed by atoms with Gasteiger partial charge in [0.1, 0.15) is 18.2 Å². The third kappa shape index (κ3) is 6.82. The molecule has 182 valence electrons. The number of fused-ring (bicyclic) bond motifs is 1. The molecule has 0 aromatic heterocycles. The minimum absolute atomic E-state index is 0. The van der Waals surface area contributed by atoms with E-state index in [1.807, 2.05) is 24.3 Å². The Hall–Kier alpha value is -3.39. The molecule has 0 fully saturated rings. The van der Waals surface area contributed by atoms with Gasteiger partial charge >= 0.3 is 0 Å². The zero-order chi connectivity index (χ0) is 23.9. The van der Waals surface area contributed by atoms with E-state index >= 15 is 0 Å². The first-order valence-electron chi connectivity index (χ1n) is 10.8. The smallest absolute Gasteiger partial charge is 0.271 e. The lowest BCUT2D eigenvalue weighted by Gasteiger charge is -2.16. The molecule has 9 heteroatoms. The molecule has 4 aromatic carbocycles. The third-order valence-corrected chi connectivity index (χ3v) is 5.70. The second-order valence-electron chi connectivity index (χ2n) is 7.70. The monoisotopic (exact) mass is 515 g/mol. The lowest BCUT2D eigenvalue weighted by molar-refractivity contribution is -0.384. The van der Waals surface area contributed by atoms with Crippen molar-refractivity contribution in [3.8, 4) is 5.75 Å². The van der Waals surface area contributed by atoms with E-state index in [1.165, 1.54) is 24.3 Å². The molecule has 0 aliphatic rings. The molecule has 0 atom stereocenters. The van der Waals surface area contributed by atoms with Crippen LogP contribution in [0.5, 0.6) is 5.75 Å². The van der Waals surface area contributed by atoms with Crippen molar-refractivity contribution in [2.75, 3.05) is 18.4 Å². The lowest BCUT2D eigenvalue weighted by atomic mass is 10.0. The molecule has 0 unspecified atom stereocenters. The van der Waals surface area contributed by atoms with Crippen molar-refractivity contribution >= 4 is 46.2 Å². The molecule has 0 radical (unpaired) electrons. The predicted octanol–water partition coefficient (Wildman–Crippen LogP) is 6.74. The SMILES string of the molecule is Cl.O=[N+]([O-])c1ccc(NCCNCc2c(OCc3ccc(F)cc3)ccc3ccccc23)c(Cl)c1. The molecule has 0 saturated carbocycles. The molecule has 35 heavy (non-hydrogen) atoms. The van der Waals surface area contributed by atoms with E-state index in [4.69, 9.17) is 16.3 Å². The van der Waals surface area contributed by atoms with Crippen LogP contribution in [0.3, 0.4) is 0 Å². The van der Waals surface area contributed by atoms with Crippen LogP contribution >= 0.6 is 24.0 Å². The molecule has 2 N–H and O–H groups in total. The molecule has 4 aromatic rings. The molecule has 0 aliphatic heterocycles. The highest BCUT2D eigenvalue weighted by Gasteiger charge is 2.11. The first-order valence-corrected chi connectivity index (χ1v) is 11.2. The summed E-state index contributed by atoms with van der Waals surface area (Å²) in [7, 11) is 0. The maximum absolute atomic E-state index is 13.2. The maximum atomic E-state index is 13.2. The number of nitrogens with one attached hydrogen (secondary N) is 2. The van der Waals surface area contributed by atoms with Gasteiger partial charge in [-0.05, 0) is 40.6 Å². The maximum Gasteiger partial charge on any atom is 0.271 e. The standard InChI is InChI=1S/C26H23ClFN3O3.ClH/c27-24-15-21(31(32)33)10-11-25(24)30-14-13-29-16-23-22-4-2-1-3-19(22)7-12-26(23)34-17-18-5-8-20(28)9-6-18;/h1-12,15,29-30H,13-14,16-17H2;1H. The Labute approximate surface area is 213 Å². The Morgan fingerprint density at radius 2 is 1.74 bits per heavy atom. The van der Waals surface area contributed by atoms with E-state index in [2.05, 4.69) is 22.8 Å². The van der Waals surface area contributed by atoms with E-state index in [1.54, 1.807) is 18.2 Å². The number of hydrogen-bond acceptors (Lipinski definition) is 5. The van der Waals surface area contributed by atoms with Gasteiger partial charge in [-0.15, -0.1) is 12.4 Å². The number of hydrogen-bond donors (Lipinski definition) is 2. The number of nitro benzene ring substituents is 1. The van der Waals surface area contributed by atoms with Crippen molar-refractivity contribution in [3.63, 3.8) is 0 Å². The zero-order valence-electron chi connectivity index (χ0n) is 18.7. The minimum atomic E-state index is -0.475. The molecule has 0 spiro atoms. The molecule has 0 amide bonds. The lowest BCUT2D eigenvalue weighted by Crippen LogP contribution is -2.22. The van der Waals surface area contributed by atoms with Gasteiger partial charge in [-0.3, -0.25) is 10.1 Å². The summed E-state index contributed by atoms with van der Waals surface area (Å²) in [4.78, 5) is 10.4. The number of ether oxygens (including phenoxy) is 1. The van der Waals surface area contributed by atoms with Crippen molar-refractivity contribution in [2.24, 2.45) is 0 Å². The summed E-state index contributed by atoms with van der Waals surface area (Å²) in [6.07, 6.45) is 0. The summed E-state index contributed by atoms with van der Waals surface area (Å²) in [5.41, 5.74) is 2.52. The Kier molecular flexibility index (Phi) is 9.25. The minimum Gasteiger partial charge on any atom is -0.489 e. The third-order valence-electron chi connectivity index (χ3n) is 5.39. The van der Waals surface area contributed by atoms with Gasteiger partial charge in [-0.1, -0.05) is 54.1 Å². The average Bonchev–Trinajstić information content (AvgIpc) is 2.84. The van der Waals surface area contributed by atoms with Gasteiger partial charge in [0.05, 0.1) is 15.6 Å². The fraction of sp³-hybridized carbons (Fsp3) is 0.154. The molecule has 4 rings (SSSR count). The second kappa shape index (κ2) is 12.4. The molecular formula is C26H24Cl2FN3O3. The summed E-state index contributed by atoms with van der Waals surface area (Å²) in [6.45, 7) is 2.13. The van der Waals surface area contributed by atoms with E-state index in [-0.39, 0.29) is 23.9 Å². The van der Waals surface area contributed by atoms with Crippen LogP contribution in [0.15, 0.2) is 78.9 Å². The number of benzene rings is 4. The van der Waals surface area contributed by atoms with Crippen LogP contribution in [0, 0.1) is 15.9 Å². The number of anilines is 1. The highest BCUT2D eigenvalue weighted by molar-refractivity contribution is 6.33. The van der Waals surface area contributed by atoms with Crippen molar-refractivity contribution < 1.29 is 14.1 Å². The van der Waals surface area contributed by atoms with Gasteiger partial charge in [-0.25, -0.2) is 4.39 Å². The van der Waals surface area contributed by atoms with Crippen LogP contribution in [-0.2, 0) is 13.2 Å². The topological polar surface area (TPSA) is 76.4 Å². The van der Waals surface area contributed by atoms with E-state index in [0.29, 0.717) is 37.0 Å². The van der Waals surface area contributed by atoms with Crippen LogP contribution in [0.1, 0.15) is 11.1 Å². The van der Waals surface area contributed by atoms with Gasteiger partial charge in [0, 0.05) is 37.3 Å². The largest absolute Gasteiger partial charge is 0.489 e. The van der Waals surface area contributed by atoms with Crippen LogP contribution in [0.2, 0.25) is 5.02 Å². The second-order valence-corrected chi connectivity index (χ2v) is 8.11. The molecule has 0 heterocycles.